The summed E-state index contributed by atoms with van der Waals surface area (Å²) in [5, 5.41) is 13.0. The average Bonchev–Trinajstić information content (AvgIpc) is 3.13. The highest BCUT2D eigenvalue weighted by Gasteiger charge is 2.20. The molecule has 1 aliphatic carbocycles. The Morgan fingerprint density at radius 2 is 2.00 bits per heavy atom. The Balaban J connectivity index is 1.67. The summed E-state index contributed by atoms with van der Waals surface area (Å²) < 4.78 is 26.6. The van der Waals surface area contributed by atoms with Crippen molar-refractivity contribution in [1.29, 1.82) is 0 Å². The van der Waals surface area contributed by atoms with Gasteiger partial charge in [-0.05, 0) is 24.5 Å². The Kier molecular flexibility index (Phi) is 3.52. The van der Waals surface area contributed by atoms with E-state index < -0.39 is 11.6 Å². The van der Waals surface area contributed by atoms with Gasteiger partial charge in [-0.1, -0.05) is 23.5 Å². The Labute approximate surface area is 113 Å². The van der Waals surface area contributed by atoms with Crippen LogP contribution in [0.3, 0.4) is 0 Å². The second-order valence-corrected chi connectivity index (χ2v) is 5.78. The minimum absolute atomic E-state index is 0.282. The number of hydrogen-bond acceptors (Lipinski definition) is 4. The van der Waals surface area contributed by atoms with Crippen molar-refractivity contribution in [2.75, 3.05) is 0 Å². The van der Waals surface area contributed by atoms with Crippen molar-refractivity contribution in [2.24, 2.45) is 0 Å². The number of halogens is 2. The summed E-state index contributed by atoms with van der Waals surface area (Å²) in [7, 11) is 0. The zero-order chi connectivity index (χ0) is 13.2. The van der Waals surface area contributed by atoms with E-state index in [0.717, 1.165) is 11.1 Å². The predicted octanol–water partition coefficient (Wildman–Crippen LogP) is 2.66. The van der Waals surface area contributed by atoms with E-state index in [0.29, 0.717) is 23.2 Å². The molecule has 1 N–H and O–H groups in total. The standard InChI is InChI=1S/C13H13F2N3S/c14-10-3-1-2-8(13(10)15)6-11-17-18-12(19-11)7-16-9-4-5-9/h1-3,9,16H,4-7H2. The summed E-state index contributed by atoms with van der Waals surface area (Å²) >= 11 is 1.44. The largest absolute Gasteiger partial charge is 0.308 e. The van der Waals surface area contributed by atoms with Gasteiger partial charge in [0.05, 0.1) is 0 Å². The first-order valence-electron chi connectivity index (χ1n) is 6.20. The van der Waals surface area contributed by atoms with Crippen LogP contribution < -0.4 is 5.32 Å². The van der Waals surface area contributed by atoms with Gasteiger partial charge in [0, 0.05) is 19.0 Å². The molecule has 0 amide bonds. The minimum Gasteiger partial charge on any atom is -0.308 e. The van der Waals surface area contributed by atoms with Crippen molar-refractivity contribution >= 4 is 11.3 Å². The van der Waals surface area contributed by atoms with E-state index in [9.17, 15) is 8.78 Å². The lowest BCUT2D eigenvalue weighted by Crippen LogP contribution is -2.14. The molecule has 100 valence electrons. The van der Waals surface area contributed by atoms with Gasteiger partial charge in [0.1, 0.15) is 10.0 Å². The lowest BCUT2D eigenvalue weighted by atomic mass is 10.1. The predicted molar refractivity (Wildman–Crippen MR) is 68.9 cm³/mol. The maximum absolute atomic E-state index is 13.5. The Hall–Kier alpha value is -1.40. The Morgan fingerprint density at radius 3 is 2.79 bits per heavy atom. The third kappa shape index (κ3) is 3.13. The van der Waals surface area contributed by atoms with E-state index in [4.69, 9.17) is 0 Å². The van der Waals surface area contributed by atoms with Gasteiger partial charge in [0.25, 0.3) is 0 Å². The molecular formula is C13H13F2N3S. The van der Waals surface area contributed by atoms with Crippen LogP contribution in [0.5, 0.6) is 0 Å². The van der Waals surface area contributed by atoms with Crippen LogP contribution in [0.1, 0.15) is 28.4 Å². The molecule has 0 bridgehead atoms. The van der Waals surface area contributed by atoms with Crippen molar-refractivity contribution in [3.63, 3.8) is 0 Å². The van der Waals surface area contributed by atoms with Crippen LogP contribution in [0.15, 0.2) is 18.2 Å². The molecule has 3 nitrogen and oxygen atoms in total. The molecule has 0 saturated heterocycles. The number of aromatic nitrogens is 2. The molecule has 1 fully saturated rings. The van der Waals surface area contributed by atoms with Crippen molar-refractivity contribution in [1.82, 2.24) is 15.5 Å². The van der Waals surface area contributed by atoms with E-state index in [1.807, 2.05) is 0 Å². The van der Waals surface area contributed by atoms with E-state index >= 15 is 0 Å². The van der Waals surface area contributed by atoms with Crippen LogP contribution in [-0.4, -0.2) is 16.2 Å². The first kappa shape index (κ1) is 12.6. The first-order valence-corrected chi connectivity index (χ1v) is 7.01. The average molecular weight is 281 g/mol. The number of nitrogens with one attached hydrogen (secondary N) is 1. The van der Waals surface area contributed by atoms with Crippen molar-refractivity contribution < 1.29 is 8.78 Å². The highest BCUT2D eigenvalue weighted by Crippen LogP contribution is 2.21. The van der Waals surface area contributed by atoms with Gasteiger partial charge in [0.2, 0.25) is 0 Å². The fourth-order valence-electron chi connectivity index (χ4n) is 1.80. The molecule has 1 aliphatic rings. The summed E-state index contributed by atoms with van der Waals surface area (Å²) in [4.78, 5) is 0. The molecule has 0 spiro atoms. The molecule has 2 aromatic rings. The van der Waals surface area contributed by atoms with Crippen LogP contribution in [0.4, 0.5) is 8.78 Å². The van der Waals surface area contributed by atoms with E-state index in [-0.39, 0.29) is 6.42 Å². The fraction of sp³-hybridized carbons (Fsp3) is 0.385. The molecule has 1 saturated carbocycles. The van der Waals surface area contributed by atoms with Gasteiger partial charge in [-0.15, -0.1) is 10.2 Å². The van der Waals surface area contributed by atoms with Gasteiger partial charge in [-0.25, -0.2) is 8.78 Å². The molecular weight excluding hydrogens is 268 g/mol. The van der Waals surface area contributed by atoms with Crippen LogP contribution in [0.25, 0.3) is 0 Å². The summed E-state index contributed by atoms with van der Waals surface area (Å²) in [6.07, 6.45) is 2.73. The topological polar surface area (TPSA) is 37.8 Å². The number of nitrogens with zero attached hydrogens (tertiary/aromatic N) is 2. The summed E-state index contributed by atoms with van der Waals surface area (Å²) in [6, 6.07) is 4.81. The Morgan fingerprint density at radius 1 is 1.21 bits per heavy atom. The smallest absolute Gasteiger partial charge is 0.162 e. The molecule has 0 atom stereocenters. The monoisotopic (exact) mass is 281 g/mol. The maximum atomic E-state index is 13.5. The lowest BCUT2D eigenvalue weighted by molar-refractivity contribution is 0.500. The number of hydrogen-bond donors (Lipinski definition) is 1. The zero-order valence-corrected chi connectivity index (χ0v) is 11.0. The number of rotatable bonds is 5. The molecule has 1 aromatic carbocycles. The summed E-state index contributed by atoms with van der Waals surface area (Å²) in [5.41, 5.74) is 0.317. The van der Waals surface area contributed by atoms with E-state index in [1.54, 1.807) is 6.07 Å². The van der Waals surface area contributed by atoms with Crippen molar-refractivity contribution in [2.45, 2.75) is 31.8 Å². The van der Waals surface area contributed by atoms with E-state index in [1.165, 1.54) is 30.2 Å². The van der Waals surface area contributed by atoms with Crippen LogP contribution in [-0.2, 0) is 13.0 Å². The normalized spacial score (nSPS) is 14.8. The second kappa shape index (κ2) is 5.30. The first-order chi connectivity index (χ1) is 9.22. The molecule has 0 unspecified atom stereocenters. The van der Waals surface area contributed by atoms with Crippen LogP contribution in [0, 0.1) is 11.6 Å². The molecule has 0 aliphatic heterocycles. The molecule has 6 heteroatoms. The summed E-state index contributed by atoms with van der Waals surface area (Å²) in [6.45, 7) is 0.702. The second-order valence-electron chi connectivity index (χ2n) is 4.63. The lowest BCUT2D eigenvalue weighted by Gasteiger charge is -2.00. The third-order valence-electron chi connectivity index (χ3n) is 3.00. The molecule has 0 radical (unpaired) electrons. The molecule has 1 aromatic heterocycles. The van der Waals surface area contributed by atoms with Gasteiger partial charge in [-0.2, -0.15) is 0 Å². The minimum atomic E-state index is -0.822. The van der Waals surface area contributed by atoms with Gasteiger partial charge < -0.3 is 5.32 Å². The molecule has 3 rings (SSSR count). The molecule has 1 heterocycles. The van der Waals surface area contributed by atoms with Crippen LogP contribution >= 0.6 is 11.3 Å². The number of benzene rings is 1. The van der Waals surface area contributed by atoms with Gasteiger partial charge in [0.15, 0.2) is 11.6 Å². The summed E-state index contributed by atoms with van der Waals surface area (Å²) in [5.74, 6) is -1.62. The molecule has 19 heavy (non-hydrogen) atoms. The highest BCUT2D eigenvalue weighted by atomic mass is 32.1. The SMILES string of the molecule is Fc1cccc(Cc2nnc(CNC3CC3)s2)c1F. The van der Waals surface area contributed by atoms with E-state index in [2.05, 4.69) is 15.5 Å². The quantitative estimate of drug-likeness (QED) is 0.915. The maximum Gasteiger partial charge on any atom is 0.162 e. The van der Waals surface area contributed by atoms with Crippen LogP contribution in [0.2, 0.25) is 0 Å². The fourth-order valence-corrected chi connectivity index (χ4v) is 2.62. The van der Waals surface area contributed by atoms with Gasteiger partial charge >= 0.3 is 0 Å². The third-order valence-corrected chi connectivity index (χ3v) is 3.92. The van der Waals surface area contributed by atoms with Crippen molar-refractivity contribution in [3.05, 3.63) is 45.4 Å². The Bertz CT molecular complexity index is 581. The zero-order valence-electron chi connectivity index (χ0n) is 10.2. The van der Waals surface area contributed by atoms with Crippen molar-refractivity contribution in [3.8, 4) is 0 Å². The highest BCUT2D eigenvalue weighted by molar-refractivity contribution is 7.11. The van der Waals surface area contributed by atoms with Gasteiger partial charge in [-0.3, -0.25) is 0 Å².